The minimum absolute atomic E-state index is 0.0736. The molecule has 0 spiro atoms. The molecule has 0 aliphatic rings. The summed E-state index contributed by atoms with van der Waals surface area (Å²) in [6.07, 6.45) is -4.38. The van der Waals surface area contributed by atoms with Crippen molar-refractivity contribution in [3.63, 3.8) is 0 Å². The Morgan fingerprint density at radius 3 is 2.56 bits per heavy atom. The fraction of sp³-hybridized carbons (Fsp3) is 0.235. The van der Waals surface area contributed by atoms with Crippen LogP contribution >= 0.6 is 27.5 Å². The second-order valence-electron chi connectivity index (χ2n) is 5.37. The van der Waals surface area contributed by atoms with Crippen molar-refractivity contribution in [3.05, 3.63) is 62.8 Å². The van der Waals surface area contributed by atoms with Gasteiger partial charge in [0.05, 0.1) is 41.4 Å². The number of nitrogens with zero attached hydrogens (tertiary/aromatic N) is 1. The molecular formula is C17H13BrClF3N2O3. The lowest BCUT2D eigenvalue weighted by Gasteiger charge is -2.19. The highest BCUT2D eigenvalue weighted by atomic mass is 79.9. The van der Waals surface area contributed by atoms with Gasteiger partial charge in [0.1, 0.15) is 0 Å². The molecule has 27 heavy (non-hydrogen) atoms. The summed E-state index contributed by atoms with van der Waals surface area (Å²) in [5, 5.41) is 2.23. The highest BCUT2D eigenvalue weighted by Crippen LogP contribution is 2.33. The van der Waals surface area contributed by atoms with Crippen molar-refractivity contribution < 1.29 is 27.5 Å². The van der Waals surface area contributed by atoms with Crippen LogP contribution in [0.15, 0.2) is 41.0 Å². The normalized spacial score (nSPS) is 12.4. The largest absolute Gasteiger partial charge is 0.469 e. The third kappa shape index (κ3) is 5.43. The summed E-state index contributed by atoms with van der Waals surface area (Å²) in [5.41, 5.74) is -0.837. The number of hydrogen-bond donors (Lipinski definition) is 1. The molecule has 1 heterocycles. The molecule has 0 radical (unpaired) electrons. The molecule has 1 amide bonds. The minimum atomic E-state index is -4.62. The molecular weight excluding hydrogens is 453 g/mol. The number of amides is 1. The van der Waals surface area contributed by atoms with Gasteiger partial charge in [-0.15, -0.1) is 0 Å². The zero-order valence-electron chi connectivity index (χ0n) is 13.8. The molecule has 1 unspecified atom stereocenters. The molecule has 0 fully saturated rings. The maximum atomic E-state index is 12.8. The quantitative estimate of drug-likeness (QED) is 0.658. The first-order chi connectivity index (χ1) is 12.6. The van der Waals surface area contributed by atoms with Crippen LogP contribution in [0, 0.1) is 0 Å². The number of aromatic nitrogens is 1. The second kappa shape index (κ2) is 8.71. The van der Waals surface area contributed by atoms with E-state index in [-0.39, 0.29) is 22.7 Å². The van der Waals surface area contributed by atoms with E-state index in [2.05, 4.69) is 31.0 Å². The first-order valence-electron chi connectivity index (χ1n) is 7.48. The average molecular weight is 466 g/mol. The van der Waals surface area contributed by atoms with Crippen molar-refractivity contribution in [2.45, 2.75) is 18.6 Å². The number of carbonyl (C=O) groups excluding carboxylic acids is 2. The van der Waals surface area contributed by atoms with E-state index >= 15 is 0 Å². The minimum Gasteiger partial charge on any atom is -0.469 e. The molecule has 0 aliphatic carbocycles. The fourth-order valence-corrected chi connectivity index (χ4v) is 2.97. The van der Waals surface area contributed by atoms with E-state index in [9.17, 15) is 22.8 Å². The van der Waals surface area contributed by atoms with Gasteiger partial charge in [-0.2, -0.15) is 13.2 Å². The second-order valence-corrected chi connectivity index (χ2v) is 6.64. The van der Waals surface area contributed by atoms with Crippen molar-refractivity contribution in [1.29, 1.82) is 0 Å². The Morgan fingerprint density at radius 2 is 2.00 bits per heavy atom. The van der Waals surface area contributed by atoms with Crippen LogP contribution in [0.5, 0.6) is 0 Å². The molecule has 0 saturated carbocycles. The maximum absolute atomic E-state index is 12.8. The van der Waals surface area contributed by atoms with E-state index in [1.807, 2.05) is 0 Å². The zero-order valence-corrected chi connectivity index (χ0v) is 16.2. The Labute approximate surface area is 166 Å². The van der Waals surface area contributed by atoms with Crippen LogP contribution in [-0.2, 0) is 15.7 Å². The van der Waals surface area contributed by atoms with Crippen LogP contribution < -0.4 is 5.32 Å². The van der Waals surface area contributed by atoms with Crippen molar-refractivity contribution >= 4 is 39.4 Å². The van der Waals surface area contributed by atoms with Crippen LogP contribution in [0.2, 0.25) is 5.02 Å². The summed E-state index contributed by atoms with van der Waals surface area (Å²) < 4.78 is 43.5. The summed E-state index contributed by atoms with van der Waals surface area (Å²) >= 11 is 9.18. The zero-order chi connectivity index (χ0) is 20.2. The van der Waals surface area contributed by atoms with Gasteiger partial charge in [-0.05, 0) is 34.1 Å². The third-order valence-electron chi connectivity index (χ3n) is 3.55. The topological polar surface area (TPSA) is 68.3 Å². The number of rotatable bonds is 5. The summed E-state index contributed by atoms with van der Waals surface area (Å²) in [7, 11) is 1.15. The van der Waals surface area contributed by atoms with Crippen LogP contribution in [0.4, 0.5) is 13.2 Å². The summed E-state index contributed by atoms with van der Waals surface area (Å²) in [5.74, 6) is -1.25. The highest BCUT2D eigenvalue weighted by Gasteiger charge is 2.33. The molecule has 2 aromatic rings. The van der Waals surface area contributed by atoms with E-state index in [0.717, 1.165) is 7.11 Å². The molecule has 0 bridgehead atoms. The number of benzene rings is 1. The van der Waals surface area contributed by atoms with Crippen molar-refractivity contribution in [1.82, 2.24) is 10.3 Å². The smallest absolute Gasteiger partial charge is 0.417 e. The Bertz CT molecular complexity index is 862. The lowest BCUT2D eigenvalue weighted by atomic mass is 10.1. The molecule has 5 nitrogen and oxygen atoms in total. The number of carbonyl (C=O) groups is 2. The lowest BCUT2D eigenvalue weighted by molar-refractivity contribution is -0.141. The number of alkyl halides is 3. The molecule has 144 valence electrons. The molecule has 0 aliphatic heterocycles. The van der Waals surface area contributed by atoms with Crippen LogP contribution in [-0.4, -0.2) is 24.0 Å². The van der Waals surface area contributed by atoms with E-state index in [1.165, 1.54) is 6.07 Å². The molecule has 2 rings (SSSR count). The van der Waals surface area contributed by atoms with Crippen molar-refractivity contribution in [3.8, 4) is 0 Å². The standard InChI is InChI=1S/C17H13BrClF3N2O3/c1-27-14(25)7-13(24-16(26)10-4-2-3-5-11(10)18)15-12(19)6-9(8-23-15)17(20,21)22/h2-6,8,13H,7H2,1H3,(H,24,26). The van der Waals surface area contributed by atoms with Crippen LogP contribution in [0.25, 0.3) is 0 Å². The molecule has 1 atom stereocenters. The van der Waals surface area contributed by atoms with Gasteiger partial charge < -0.3 is 10.1 Å². The molecule has 0 saturated heterocycles. The predicted octanol–water partition coefficient (Wildman–Crippen LogP) is 4.55. The monoisotopic (exact) mass is 464 g/mol. The lowest BCUT2D eigenvalue weighted by Crippen LogP contribution is -2.31. The highest BCUT2D eigenvalue weighted by molar-refractivity contribution is 9.10. The van der Waals surface area contributed by atoms with E-state index in [1.54, 1.807) is 18.2 Å². The first-order valence-corrected chi connectivity index (χ1v) is 8.65. The number of nitrogens with one attached hydrogen (secondary N) is 1. The Morgan fingerprint density at radius 1 is 1.33 bits per heavy atom. The maximum Gasteiger partial charge on any atom is 0.417 e. The SMILES string of the molecule is COC(=O)CC(NC(=O)c1ccccc1Br)c1ncc(C(F)(F)F)cc1Cl. The Kier molecular flexibility index (Phi) is 6.83. The Balaban J connectivity index is 2.36. The van der Waals surface area contributed by atoms with Gasteiger partial charge in [0.2, 0.25) is 0 Å². The van der Waals surface area contributed by atoms with E-state index < -0.39 is 29.7 Å². The van der Waals surface area contributed by atoms with E-state index in [4.69, 9.17) is 11.6 Å². The molecule has 10 heteroatoms. The fourth-order valence-electron chi connectivity index (χ4n) is 2.21. The Hall–Kier alpha value is -2.13. The third-order valence-corrected chi connectivity index (χ3v) is 4.54. The number of ether oxygens (including phenoxy) is 1. The van der Waals surface area contributed by atoms with Gasteiger partial charge in [0.15, 0.2) is 0 Å². The molecule has 1 aromatic carbocycles. The van der Waals surface area contributed by atoms with Crippen LogP contribution in [0.3, 0.4) is 0 Å². The van der Waals surface area contributed by atoms with Gasteiger partial charge in [-0.25, -0.2) is 0 Å². The van der Waals surface area contributed by atoms with Gasteiger partial charge >= 0.3 is 12.1 Å². The average Bonchev–Trinajstić information content (AvgIpc) is 2.60. The number of halogens is 5. The summed E-state index contributed by atoms with van der Waals surface area (Å²) in [6.45, 7) is 0. The van der Waals surface area contributed by atoms with Gasteiger partial charge in [-0.1, -0.05) is 23.7 Å². The summed E-state index contributed by atoms with van der Waals surface area (Å²) in [6, 6.07) is 6.15. The van der Waals surface area contributed by atoms with Gasteiger partial charge in [0, 0.05) is 10.7 Å². The van der Waals surface area contributed by atoms with Crippen LogP contribution in [0.1, 0.15) is 34.1 Å². The molecule has 1 N–H and O–H groups in total. The number of hydrogen-bond acceptors (Lipinski definition) is 4. The number of pyridine rings is 1. The molecule has 1 aromatic heterocycles. The number of methoxy groups -OCH3 is 1. The first kappa shape index (κ1) is 21.2. The van der Waals surface area contributed by atoms with Crippen molar-refractivity contribution in [2.75, 3.05) is 7.11 Å². The van der Waals surface area contributed by atoms with Gasteiger partial charge in [-0.3, -0.25) is 14.6 Å². The van der Waals surface area contributed by atoms with E-state index in [0.29, 0.717) is 16.7 Å². The predicted molar refractivity (Wildman–Crippen MR) is 95.2 cm³/mol. The van der Waals surface area contributed by atoms with Gasteiger partial charge in [0.25, 0.3) is 5.91 Å². The summed E-state index contributed by atoms with van der Waals surface area (Å²) in [4.78, 5) is 27.9. The van der Waals surface area contributed by atoms with Crippen molar-refractivity contribution in [2.24, 2.45) is 0 Å². The number of esters is 1.